The van der Waals surface area contributed by atoms with Gasteiger partial charge in [0.15, 0.2) is 0 Å². The molecule has 4 heteroatoms. The van der Waals surface area contributed by atoms with Crippen LogP contribution >= 0.6 is 0 Å². The van der Waals surface area contributed by atoms with E-state index >= 15 is 0 Å². The molecule has 1 N–H and O–H groups in total. The molecule has 1 heterocycles. The first-order valence-corrected chi connectivity index (χ1v) is 8.25. The van der Waals surface area contributed by atoms with Gasteiger partial charge in [-0.1, -0.05) is 18.2 Å². The molecule has 2 aromatic carbocycles. The minimum Gasteiger partial charge on any atom is -0.373 e. The Morgan fingerprint density at radius 2 is 2.17 bits per heavy atom. The van der Waals surface area contributed by atoms with E-state index in [0.717, 1.165) is 36.2 Å². The molecule has 0 spiro atoms. The minimum absolute atomic E-state index is 0.0844. The molecule has 3 rings (SSSR count). The maximum absolute atomic E-state index is 13.4. The number of rotatable bonds is 4. The van der Waals surface area contributed by atoms with Crippen molar-refractivity contribution in [2.45, 2.75) is 32.0 Å². The van der Waals surface area contributed by atoms with Gasteiger partial charge < -0.3 is 10.1 Å². The Morgan fingerprint density at radius 1 is 1.29 bits per heavy atom. The van der Waals surface area contributed by atoms with Crippen molar-refractivity contribution in [1.82, 2.24) is 5.32 Å². The summed E-state index contributed by atoms with van der Waals surface area (Å²) < 4.78 is 19.6. The van der Waals surface area contributed by atoms with Crippen molar-refractivity contribution in [3.05, 3.63) is 70.5 Å². The molecule has 124 valence electrons. The summed E-state index contributed by atoms with van der Waals surface area (Å²) in [6.45, 7) is 4.17. The van der Waals surface area contributed by atoms with Gasteiger partial charge in [-0.25, -0.2) is 4.39 Å². The van der Waals surface area contributed by atoms with E-state index in [1.807, 2.05) is 31.2 Å². The van der Waals surface area contributed by atoms with E-state index in [4.69, 9.17) is 10.00 Å². The zero-order chi connectivity index (χ0) is 16.9. The lowest BCUT2D eigenvalue weighted by molar-refractivity contribution is 0.00676. The first-order valence-electron chi connectivity index (χ1n) is 8.25. The molecule has 3 nitrogen and oxygen atoms in total. The fourth-order valence-electron chi connectivity index (χ4n) is 3.33. The second-order valence-corrected chi connectivity index (χ2v) is 6.26. The van der Waals surface area contributed by atoms with Crippen molar-refractivity contribution in [3.63, 3.8) is 0 Å². The summed E-state index contributed by atoms with van der Waals surface area (Å²) in [6, 6.07) is 14.6. The topological polar surface area (TPSA) is 45.0 Å². The van der Waals surface area contributed by atoms with Crippen molar-refractivity contribution in [3.8, 4) is 6.07 Å². The number of hydrogen-bond acceptors (Lipinski definition) is 3. The zero-order valence-electron chi connectivity index (χ0n) is 13.8. The molecule has 1 saturated heterocycles. The largest absolute Gasteiger partial charge is 0.373 e. The van der Waals surface area contributed by atoms with Crippen LogP contribution in [-0.4, -0.2) is 19.2 Å². The minimum atomic E-state index is -0.203. The van der Waals surface area contributed by atoms with Gasteiger partial charge in [-0.2, -0.15) is 5.26 Å². The van der Waals surface area contributed by atoms with E-state index in [0.29, 0.717) is 12.2 Å². The monoisotopic (exact) mass is 324 g/mol. The molecule has 1 aliphatic rings. The van der Waals surface area contributed by atoms with Gasteiger partial charge >= 0.3 is 0 Å². The van der Waals surface area contributed by atoms with Crippen molar-refractivity contribution in [2.24, 2.45) is 0 Å². The summed E-state index contributed by atoms with van der Waals surface area (Å²) in [5.41, 5.74) is 3.75. The van der Waals surface area contributed by atoms with Gasteiger partial charge in [0.25, 0.3) is 0 Å². The van der Waals surface area contributed by atoms with Crippen LogP contribution in [0.15, 0.2) is 42.5 Å². The Kier molecular flexibility index (Phi) is 5.24. The highest BCUT2D eigenvalue weighted by Gasteiger charge is 2.28. The van der Waals surface area contributed by atoms with Gasteiger partial charge in [-0.05, 0) is 60.8 Å². The number of nitriles is 1. The predicted octanol–water partition coefficient (Wildman–Crippen LogP) is 3.67. The Bertz CT molecular complexity index is 754. The average molecular weight is 324 g/mol. The second kappa shape index (κ2) is 7.57. The maximum atomic E-state index is 13.4. The van der Waals surface area contributed by atoms with E-state index in [1.54, 1.807) is 12.1 Å². The third-order valence-corrected chi connectivity index (χ3v) is 4.57. The summed E-state index contributed by atoms with van der Waals surface area (Å²) in [6.07, 6.45) is 1.00. The van der Waals surface area contributed by atoms with Gasteiger partial charge in [0.2, 0.25) is 0 Å². The van der Waals surface area contributed by atoms with Crippen LogP contribution in [0.2, 0.25) is 0 Å². The lowest BCUT2D eigenvalue weighted by Crippen LogP contribution is -2.40. The van der Waals surface area contributed by atoms with Gasteiger partial charge in [-0.15, -0.1) is 0 Å². The summed E-state index contributed by atoms with van der Waals surface area (Å²) >= 11 is 0. The summed E-state index contributed by atoms with van der Waals surface area (Å²) in [5.74, 6) is 0.00399. The van der Waals surface area contributed by atoms with Crippen molar-refractivity contribution in [2.75, 3.05) is 13.1 Å². The summed E-state index contributed by atoms with van der Waals surface area (Å²) in [7, 11) is 0. The Balaban J connectivity index is 1.74. The van der Waals surface area contributed by atoms with Gasteiger partial charge in [0, 0.05) is 12.5 Å². The molecule has 0 aromatic heterocycles. The van der Waals surface area contributed by atoms with Gasteiger partial charge in [0.05, 0.1) is 24.3 Å². The molecule has 24 heavy (non-hydrogen) atoms. The molecule has 1 aliphatic heterocycles. The number of aryl methyl sites for hydroxylation is 1. The highest BCUT2D eigenvalue weighted by Crippen LogP contribution is 2.29. The number of piperidine rings is 1. The highest BCUT2D eigenvalue weighted by molar-refractivity contribution is 5.33. The zero-order valence-corrected chi connectivity index (χ0v) is 13.8. The standard InChI is InChI=1S/C20H21FN2O/c1-14-9-17(21)5-6-18(14)19-12-23-8-7-20(19)24-13-16-4-2-3-15(10-16)11-22/h2-6,9-10,19-20,23H,7-8,12-13H2,1H3. The molecular formula is C20H21FN2O. The molecule has 0 amide bonds. The van der Waals surface area contributed by atoms with Crippen molar-refractivity contribution in [1.29, 1.82) is 5.26 Å². The molecule has 0 aliphatic carbocycles. The fraction of sp³-hybridized carbons (Fsp3) is 0.350. The summed E-state index contributed by atoms with van der Waals surface area (Å²) in [4.78, 5) is 0. The number of nitrogens with zero attached hydrogens (tertiary/aromatic N) is 1. The number of halogens is 1. The van der Waals surface area contributed by atoms with E-state index < -0.39 is 0 Å². The molecular weight excluding hydrogens is 303 g/mol. The number of benzene rings is 2. The second-order valence-electron chi connectivity index (χ2n) is 6.26. The van der Waals surface area contributed by atoms with Gasteiger partial charge in [0.1, 0.15) is 5.82 Å². The normalized spacial score (nSPS) is 20.5. The van der Waals surface area contributed by atoms with Crippen LogP contribution in [0.25, 0.3) is 0 Å². The lowest BCUT2D eigenvalue weighted by atomic mass is 9.86. The smallest absolute Gasteiger partial charge is 0.123 e. The van der Waals surface area contributed by atoms with E-state index in [9.17, 15) is 4.39 Å². The Morgan fingerprint density at radius 3 is 2.96 bits per heavy atom. The van der Waals surface area contributed by atoms with Crippen molar-refractivity contribution >= 4 is 0 Å². The summed E-state index contributed by atoms with van der Waals surface area (Å²) in [5, 5.41) is 12.4. The van der Waals surface area contributed by atoms with E-state index in [-0.39, 0.29) is 17.8 Å². The first-order chi connectivity index (χ1) is 11.7. The Labute approximate surface area is 142 Å². The van der Waals surface area contributed by atoms with Crippen LogP contribution in [0.5, 0.6) is 0 Å². The molecule has 2 atom stereocenters. The van der Waals surface area contributed by atoms with Crippen LogP contribution in [0.4, 0.5) is 4.39 Å². The van der Waals surface area contributed by atoms with Crippen LogP contribution in [0.3, 0.4) is 0 Å². The fourth-order valence-corrected chi connectivity index (χ4v) is 3.33. The van der Waals surface area contributed by atoms with Crippen LogP contribution in [0, 0.1) is 24.1 Å². The number of nitrogens with one attached hydrogen (secondary N) is 1. The van der Waals surface area contributed by atoms with Crippen LogP contribution in [0.1, 0.15) is 34.6 Å². The average Bonchev–Trinajstić information content (AvgIpc) is 2.61. The van der Waals surface area contributed by atoms with E-state index in [2.05, 4.69) is 11.4 Å². The maximum Gasteiger partial charge on any atom is 0.123 e. The Hall–Kier alpha value is -2.22. The third-order valence-electron chi connectivity index (χ3n) is 4.57. The quantitative estimate of drug-likeness (QED) is 0.933. The molecule has 2 aromatic rings. The SMILES string of the molecule is Cc1cc(F)ccc1C1CNCCC1OCc1cccc(C#N)c1. The van der Waals surface area contributed by atoms with Crippen molar-refractivity contribution < 1.29 is 9.13 Å². The van der Waals surface area contributed by atoms with Gasteiger partial charge in [-0.3, -0.25) is 0 Å². The van der Waals surface area contributed by atoms with Crippen LogP contribution in [-0.2, 0) is 11.3 Å². The van der Waals surface area contributed by atoms with Crippen LogP contribution < -0.4 is 5.32 Å². The molecule has 0 bridgehead atoms. The molecule has 0 radical (unpaired) electrons. The number of ether oxygens (including phenoxy) is 1. The molecule has 1 fully saturated rings. The first kappa shape index (κ1) is 16.6. The number of hydrogen-bond donors (Lipinski definition) is 1. The molecule has 2 unspecified atom stereocenters. The highest BCUT2D eigenvalue weighted by atomic mass is 19.1. The third kappa shape index (κ3) is 3.81. The van der Waals surface area contributed by atoms with E-state index in [1.165, 1.54) is 6.07 Å². The predicted molar refractivity (Wildman–Crippen MR) is 91.1 cm³/mol. The molecule has 0 saturated carbocycles. The lowest BCUT2D eigenvalue weighted by Gasteiger charge is -2.33.